The summed E-state index contributed by atoms with van der Waals surface area (Å²) in [7, 11) is -3.05. The molecule has 88 valence electrons. The Morgan fingerprint density at radius 2 is 1.29 bits per heavy atom. The molecule has 0 aliphatic carbocycles. The van der Waals surface area contributed by atoms with Crippen molar-refractivity contribution in [3.8, 4) is 0 Å². The van der Waals surface area contributed by atoms with E-state index in [1.807, 2.05) is 0 Å². The van der Waals surface area contributed by atoms with Crippen LogP contribution in [0, 0.1) is 4.78 Å². The summed E-state index contributed by atoms with van der Waals surface area (Å²) in [6, 6.07) is 13.0. The van der Waals surface area contributed by atoms with Gasteiger partial charge in [-0.2, -0.15) is 0 Å². The summed E-state index contributed by atoms with van der Waals surface area (Å²) < 4.78 is 20.5. The van der Waals surface area contributed by atoms with Crippen LogP contribution in [-0.2, 0) is 9.73 Å². The van der Waals surface area contributed by atoms with Gasteiger partial charge in [0, 0.05) is 10.0 Å². The Balaban J connectivity index is 2.58. The van der Waals surface area contributed by atoms with Gasteiger partial charge >= 0.3 is 0 Å². The fraction of sp³-hybridized carbons (Fsp3) is 0. The number of rotatable bonds is 2. The van der Waals surface area contributed by atoms with E-state index in [0.717, 1.165) is 0 Å². The molecule has 0 bridgehead atoms. The van der Waals surface area contributed by atoms with Gasteiger partial charge < -0.3 is 0 Å². The minimum absolute atomic E-state index is 0.382. The molecule has 0 fully saturated rings. The summed E-state index contributed by atoms with van der Waals surface area (Å²) in [5, 5.41) is 0.925. The summed E-state index contributed by atoms with van der Waals surface area (Å²) in [6.07, 6.45) is 0. The third-order valence-corrected chi connectivity index (χ3v) is 4.56. The smallest absolute Gasteiger partial charge is 0.101 e. The molecule has 1 N–H and O–H groups in total. The fourth-order valence-corrected chi connectivity index (χ4v) is 3.34. The van der Waals surface area contributed by atoms with E-state index in [-0.39, 0.29) is 0 Å². The third kappa shape index (κ3) is 2.63. The molecule has 2 nitrogen and oxygen atoms in total. The highest BCUT2D eigenvalue weighted by atomic mass is 35.5. The van der Waals surface area contributed by atoms with E-state index in [1.165, 1.54) is 12.1 Å². The lowest BCUT2D eigenvalue weighted by atomic mass is 10.4. The van der Waals surface area contributed by atoms with E-state index in [1.54, 1.807) is 36.4 Å². The minimum Gasteiger partial charge on any atom is -0.245 e. The van der Waals surface area contributed by atoms with Gasteiger partial charge in [-0.05, 0) is 36.4 Å². The lowest BCUT2D eigenvalue weighted by Gasteiger charge is -2.08. The van der Waals surface area contributed by atoms with Gasteiger partial charge in [0.25, 0.3) is 0 Å². The van der Waals surface area contributed by atoms with Crippen molar-refractivity contribution in [2.24, 2.45) is 0 Å². The fourth-order valence-electron chi connectivity index (χ4n) is 1.43. The van der Waals surface area contributed by atoms with Crippen LogP contribution in [0.15, 0.2) is 58.3 Å². The van der Waals surface area contributed by atoms with Crippen molar-refractivity contribution in [3.63, 3.8) is 0 Å². The maximum absolute atomic E-state index is 12.4. The molecule has 0 aliphatic rings. The second kappa shape index (κ2) is 4.69. The minimum atomic E-state index is -3.05. The van der Waals surface area contributed by atoms with E-state index < -0.39 is 9.73 Å². The zero-order valence-corrected chi connectivity index (χ0v) is 11.0. The largest absolute Gasteiger partial charge is 0.245 e. The van der Waals surface area contributed by atoms with Gasteiger partial charge in [-0.25, -0.2) is 8.99 Å². The standard InChI is InChI=1S/C12H9Cl2NOS/c13-9-3-1-5-11(7-9)17(15,16)12-6-2-4-10(14)8-12/h1-8,15H. The molecule has 0 spiro atoms. The molecule has 17 heavy (non-hydrogen) atoms. The highest BCUT2D eigenvalue weighted by Crippen LogP contribution is 2.25. The van der Waals surface area contributed by atoms with E-state index in [0.29, 0.717) is 19.8 Å². The van der Waals surface area contributed by atoms with Gasteiger partial charge in [-0.1, -0.05) is 35.3 Å². The van der Waals surface area contributed by atoms with Gasteiger partial charge in [0.15, 0.2) is 0 Å². The molecule has 0 unspecified atom stereocenters. The van der Waals surface area contributed by atoms with Crippen molar-refractivity contribution < 1.29 is 4.21 Å². The number of hydrogen-bond donors (Lipinski definition) is 1. The summed E-state index contributed by atoms with van der Waals surface area (Å²) >= 11 is 11.7. The Labute approximate surface area is 110 Å². The lowest BCUT2D eigenvalue weighted by Crippen LogP contribution is -1.99. The van der Waals surface area contributed by atoms with Crippen LogP contribution < -0.4 is 0 Å². The monoisotopic (exact) mass is 285 g/mol. The van der Waals surface area contributed by atoms with Gasteiger partial charge in [0.1, 0.15) is 9.73 Å². The van der Waals surface area contributed by atoms with E-state index in [4.69, 9.17) is 28.0 Å². The zero-order chi connectivity index (χ0) is 12.5. The Morgan fingerprint density at radius 1 is 0.882 bits per heavy atom. The van der Waals surface area contributed by atoms with Gasteiger partial charge in [-0.15, -0.1) is 0 Å². The Bertz CT molecular complexity index is 602. The first kappa shape index (κ1) is 12.4. The highest BCUT2D eigenvalue weighted by Gasteiger charge is 2.13. The summed E-state index contributed by atoms with van der Waals surface area (Å²) in [5.74, 6) is 0. The molecule has 0 saturated heterocycles. The number of benzene rings is 2. The van der Waals surface area contributed by atoms with Crippen molar-refractivity contribution in [1.82, 2.24) is 0 Å². The molecule has 2 aromatic carbocycles. The Hall–Kier alpha value is -1.03. The van der Waals surface area contributed by atoms with Crippen LogP contribution in [0.5, 0.6) is 0 Å². The first-order chi connectivity index (χ1) is 8.00. The second-order valence-electron chi connectivity index (χ2n) is 3.47. The number of halogens is 2. The molecule has 0 radical (unpaired) electrons. The van der Waals surface area contributed by atoms with Crippen molar-refractivity contribution in [2.75, 3.05) is 0 Å². The molecule has 5 heteroatoms. The van der Waals surface area contributed by atoms with Crippen molar-refractivity contribution in [1.29, 1.82) is 4.78 Å². The SMILES string of the molecule is N=S(=O)(c1cccc(Cl)c1)c1cccc(Cl)c1. The molecule has 0 heterocycles. The van der Waals surface area contributed by atoms with Crippen LogP contribution in [-0.4, -0.2) is 4.21 Å². The van der Waals surface area contributed by atoms with Crippen LogP contribution in [0.3, 0.4) is 0 Å². The van der Waals surface area contributed by atoms with E-state index in [2.05, 4.69) is 0 Å². The average Bonchev–Trinajstić information content (AvgIpc) is 2.29. The molecule has 0 saturated carbocycles. The number of hydrogen-bond acceptors (Lipinski definition) is 2. The maximum atomic E-state index is 12.4. The highest BCUT2D eigenvalue weighted by molar-refractivity contribution is 7.92. The quantitative estimate of drug-likeness (QED) is 0.870. The van der Waals surface area contributed by atoms with Crippen LogP contribution in [0.25, 0.3) is 0 Å². The normalized spacial score (nSPS) is 11.4. The average molecular weight is 286 g/mol. The molecular weight excluding hydrogens is 277 g/mol. The first-order valence-electron chi connectivity index (χ1n) is 4.80. The molecule has 0 aliphatic heterocycles. The summed E-state index contributed by atoms with van der Waals surface area (Å²) in [6.45, 7) is 0. The van der Waals surface area contributed by atoms with Crippen molar-refractivity contribution in [3.05, 3.63) is 58.6 Å². The van der Waals surface area contributed by atoms with Crippen molar-refractivity contribution >= 4 is 32.9 Å². The lowest BCUT2D eigenvalue weighted by molar-refractivity contribution is 0.674. The van der Waals surface area contributed by atoms with Gasteiger partial charge in [0.05, 0.1) is 9.79 Å². The van der Waals surface area contributed by atoms with E-state index in [9.17, 15) is 4.21 Å². The van der Waals surface area contributed by atoms with Crippen LogP contribution in [0.1, 0.15) is 0 Å². The Kier molecular flexibility index (Phi) is 3.43. The maximum Gasteiger partial charge on any atom is 0.101 e. The third-order valence-electron chi connectivity index (χ3n) is 2.26. The molecule has 2 aromatic rings. The van der Waals surface area contributed by atoms with Crippen LogP contribution in [0.2, 0.25) is 10.0 Å². The van der Waals surface area contributed by atoms with Gasteiger partial charge in [-0.3, -0.25) is 0 Å². The van der Waals surface area contributed by atoms with Crippen LogP contribution >= 0.6 is 23.2 Å². The Morgan fingerprint density at radius 3 is 1.65 bits per heavy atom. The van der Waals surface area contributed by atoms with Gasteiger partial charge in [0.2, 0.25) is 0 Å². The molecule has 2 rings (SSSR count). The molecular formula is C12H9Cl2NOS. The summed E-state index contributed by atoms with van der Waals surface area (Å²) in [5.41, 5.74) is 0. The predicted octanol–water partition coefficient (Wildman–Crippen LogP) is 4.46. The molecule has 0 amide bonds. The molecule has 0 atom stereocenters. The molecule has 0 aromatic heterocycles. The van der Waals surface area contributed by atoms with Crippen molar-refractivity contribution in [2.45, 2.75) is 9.79 Å². The van der Waals surface area contributed by atoms with Crippen LogP contribution in [0.4, 0.5) is 0 Å². The first-order valence-corrected chi connectivity index (χ1v) is 7.11. The second-order valence-corrected chi connectivity index (χ2v) is 6.40. The topological polar surface area (TPSA) is 40.9 Å². The van der Waals surface area contributed by atoms with E-state index >= 15 is 0 Å². The predicted molar refractivity (Wildman–Crippen MR) is 70.3 cm³/mol. The zero-order valence-electron chi connectivity index (χ0n) is 8.69. The summed E-state index contributed by atoms with van der Waals surface area (Å²) in [4.78, 5) is 0.763. The number of nitrogens with one attached hydrogen (secondary N) is 1.